The van der Waals surface area contributed by atoms with Crippen molar-refractivity contribution in [1.29, 1.82) is 0 Å². The molecule has 0 aromatic heterocycles. The van der Waals surface area contributed by atoms with Crippen LogP contribution in [0.1, 0.15) is 69.2 Å². The third-order valence-corrected chi connectivity index (χ3v) is 13.1. The first-order valence-electron chi connectivity index (χ1n) is 7.83. The highest BCUT2D eigenvalue weighted by Gasteiger charge is 2.52. The molecule has 109 valence electrons. The van der Waals surface area contributed by atoms with Crippen molar-refractivity contribution >= 4 is 8.07 Å². The Morgan fingerprint density at radius 3 is 1.00 bits per heavy atom. The van der Waals surface area contributed by atoms with Crippen molar-refractivity contribution in [2.75, 3.05) is 0 Å². The van der Waals surface area contributed by atoms with Crippen LogP contribution in [0.4, 0.5) is 0 Å². The van der Waals surface area contributed by atoms with E-state index in [2.05, 4.69) is 69.2 Å². The highest BCUT2D eigenvalue weighted by molar-refractivity contribution is 6.90. The van der Waals surface area contributed by atoms with E-state index in [4.69, 9.17) is 0 Å². The van der Waals surface area contributed by atoms with Crippen molar-refractivity contribution in [2.24, 2.45) is 0 Å². The molecule has 0 saturated carbocycles. The van der Waals surface area contributed by atoms with Gasteiger partial charge in [0.25, 0.3) is 0 Å². The zero-order chi connectivity index (χ0) is 15.1. The van der Waals surface area contributed by atoms with Gasteiger partial charge in [-0.1, -0.05) is 52.7 Å². The lowest BCUT2D eigenvalue weighted by molar-refractivity contribution is 0.808. The quantitative estimate of drug-likeness (QED) is 0.517. The van der Waals surface area contributed by atoms with Crippen molar-refractivity contribution in [3.05, 3.63) is 27.8 Å². The van der Waals surface area contributed by atoms with Gasteiger partial charge in [-0.15, -0.1) is 0 Å². The molecule has 1 rings (SSSR count). The summed E-state index contributed by atoms with van der Waals surface area (Å²) < 4.78 is 0. The molecule has 0 amide bonds. The predicted octanol–water partition coefficient (Wildman–Crippen LogP) is 6.47. The summed E-state index contributed by atoms with van der Waals surface area (Å²) in [5.74, 6) is 0. The zero-order valence-corrected chi connectivity index (χ0v) is 15.7. The first kappa shape index (κ1) is 16.8. The van der Waals surface area contributed by atoms with Crippen LogP contribution < -0.4 is 0 Å². The Hall–Kier alpha value is -0.303. The van der Waals surface area contributed by atoms with E-state index in [0.717, 1.165) is 16.6 Å². The van der Waals surface area contributed by atoms with Crippen LogP contribution in [0.15, 0.2) is 22.3 Å². The van der Waals surface area contributed by atoms with Crippen molar-refractivity contribution in [3.63, 3.8) is 0 Å². The van der Waals surface area contributed by atoms with E-state index < -0.39 is 8.07 Å². The van der Waals surface area contributed by atoms with Crippen LogP contribution >= 0.6 is 0 Å². The molecule has 0 bridgehead atoms. The minimum Gasteiger partial charge on any atom is -0.0651 e. The van der Waals surface area contributed by atoms with E-state index in [0.29, 0.717) is 0 Å². The minimum atomic E-state index is -1.50. The maximum atomic E-state index is 2.46. The average Bonchev–Trinajstić information content (AvgIpc) is 2.46. The zero-order valence-electron chi connectivity index (χ0n) is 14.7. The molecule has 1 aliphatic rings. The highest BCUT2D eigenvalue weighted by Crippen LogP contribution is 2.55. The molecule has 0 heterocycles. The van der Waals surface area contributed by atoms with Gasteiger partial charge in [0.05, 0.1) is 8.07 Å². The summed E-state index contributed by atoms with van der Waals surface area (Å²) in [7, 11) is -1.50. The Bertz CT molecular complexity index is 362. The van der Waals surface area contributed by atoms with Gasteiger partial charge in [-0.25, -0.2) is 0 Å². The number of allylic oxidation sites excluding steroid dienone is 4. The molecule has 0 aromatic rings. The second-order valence-corrected chi connectivity index (χ2v) is 13.1. The second-order valence-electron chi connectivity index (χ2n) is 7.27. The number of hydrogen-bond donors (Lipinski definition) is 0. The molecule has 1 heteroatoms. The monoisotopic (exact) mass is 277 g/mol. The molecular weight excluding hydrogens is 244 g/mol. The Morgan fingerprint density at radius 2 is 0.789 bits per heavy atom. The fourth-order valence-corrected chi connectivity index (χ4v) is 12.1. The van der Waals surface area contributed by atoms with Gasteiger partial charge in [0.15, 0.2) is 0 Å². The molecule has 1 aliphatic carbocycles. The van der Waals surface area contributed by atoms with E-state index >= 15 is 0 Å². The molecule has 0 spiro atoms. The molecule has 0 aliphatic heterocycles. The highest BCUT2D eigenvalue weighted by atomic mass is 28.3. The standard InChI is InChI=1S/C18H33Si/c1-11(2)19(12(3)4,13(5)6)18-16(9)14(7)15(8)17(18)10/h11-13H,1-10H3. The van der Waals surface area contributed by atoms with Crippen LogP contribution in [-0.2, 0) is 0 Å². The van der Waals surface area contributed by atoms with Crippen LogP contribution in [-0.4, -0.2) is 8.07 Å². The lowest BCUT2D eigenvalue weighted by Gasteiger charge is -2.48. The SMILES string of the molecule is CC1=C(C)C(C)=C(C)[C]1[Si](C(C)C)(C(C)C)C(C)C. The molecule has 0 fully saturated rings. The molecule has 1 radical (unpaired) electrons. The molecular formula is C18H33Si. The maximum Gasteiger partial charge on any atom is 0.0782 e. The fraction of sp³-hybridized carbons (Fsp3) is 0.722. The molecule has 0 unspecified atom stereocenters. The summed E-state index contributed by atoms with van der Waals surface area (Å²) in [6.45, 7) is 24.1. The summed E-state index contributed by atoms with van der Waals surface area (Å²) >= 11 is 0. The van der Waals surface area contributed by atoms with Crippen LogP contribution in [0.5, 0.6) is 0 Å². The number of rotatable bonds is 4. The van der Waals surface area contributed by atoms with E-state index in [-0.39, 0.29) is 0 Å². The van der Waals surface area contributed by atoms with Gasteiger partial charge in [-0.2, -0.15) is 0 Å². The Labute approximate surface area is 122 Å². The van der Waals surface area contributed by atoms with E-state index in [9.17, 15) is 0 Å². The topological polar surface area (TPSA) is 0 Å². The normalized spacial score (nSPS) is 18.8. The van der Waals surface area contributed by atoms with E-state index in [1.807, 2.05) is 0 Å². The predicted molar refractivity (Wildman–Crippen MR) is 91.0 cm³/mol. The molecule has 0 aromatic carbocycles. The summed E-state index contributed by atoms with van der Waals surface area (Å²) in [5, 5.41) is 0. The van der Waals surface area contributed by atoms with Crippen LogP contribution in [0.3, 0.4) is 0 Å². The third-order valence-electron chi connectivity index (χ3n) is 5.74. The van der Waals surface area contributed by atoms with Gasteiger partial charge in [0.2, 0.25) is 0 Å². The van der Waals surface area contributed by atoms with E-state index in [1.165, 1.54) is 11.1 Å². The average molecular weight is 278 g/mol. The lowest BCUT2D eigenvalue weighted by Crippen LogP contribution is -2.51. The number of hydrogen-bond acceptors (Lipinski definition) is 0. The molecule has 0 saturated heterocycles. The third kappa shape index (κ3) is 2.28. The van der Waals surface area contributed by atoms with Gasteiger partial charge in [-0.05, 0) is 55.5 Å². The smallest absolute Gasteiger partial charge is 0.0651 e. The van der Waals surface area contributed by atoms with Crippen LogP contribution in [0.25, 0.3) is 0 Å². The summed E-state index contributed by atoms with van der Waals surface area (Å²) in [6.07, 6.45) is 0. The van der Waals surface area contributed by atoms with Crippen LogP contribution in [0, 0.1) is 5.54 Å². The lowest BCUT2D eigenvalue weighted by atomic mass is 10.1. The largest absolute Gasteiger partial charge is 0.0782 e. The molecule has 0 nitrogen and oxygen atoms in total. The Kier molecular flexibility index (Phi) is 4.93. The van der Waals surface area contributed by atoms with Crippen molar-refractivity contribution in [1.82, 2.24) is 0 Å². The molecule has 0 N–H and O–H groups in total. The van der Waals surface area contributed by atoms with Gasteiger partial charge >= 0.3 is 0 Å². The van der Waals surface area contributed by atoms with Crippen molar-refractivity contribution < 1.29 is 0 Å². The van der Waals surface area contributed by atoms with Crippen LogP contribution in [0.2, 0.25) is 16.6 Å². The van der Waals surface area contributed by atoms with Gasteiger partial charge in [-0.3, -0.25) is 0 Å². The fourth-order valence-electron chi connectivity index (χ4n) is 4.73. The molecule has 0 atom stereocenters. The van der Waals surface area contributed by atoms with Gasteiger partial charge < -0.3 is 0 Å². The summed E-state index contributed by atoms with van der Waals surface area (Å²) in [5.41, 5.74) is 10.4. The Balaban J connectivity index is 3.53. The van der Waals surface area contributed by atoms with Gasteiger partial charge in [0, 0.05) is 5.54 Å². The Morgan fingerprint density at radius 1 is 0.526 bits per heavy atom. The van der Waals surface area contributed by atoms with E-state index in [1.54, 1.807) is 16.7 Å². The second kappa shape index (κ2) is 5.59. The van der Waals surface area contributed by atoms with Crippen molar-refractivity contribution in [2.45, 2.75) is 85.9 Å². The first-order chi connectivity index (χ1) is 8.59. The molecule has 19 heavy (non-hydrogen) atoms. The van der Waals surface area contributed by atoms with Gasteiger partial charge in [0.1, 0.15) is 0 Å². The van der Waals surface area contributed by atoms with Crippen molar-refractivity contribution in [3.8, 4) is 0 Å². The first-order valence-corrected chi connectivity index (χ1v) is 10.1. The summed E-state index contributed by atoms with van der Waals surface area (Å²) in [6, 6.07) is 0. The summed E-state index contributed by atoms with van der Waals surface area (Å²) in [4.78, 5) is 0. The minimum absolute atomic E-state index is 0.797. The maximum absolute atomic E-state index is 2.46.